The minimum Gasteiger partial charge on any atom is -0.480 e. The number of carbonyl (C=O) groups is 1. The first kappa shape index (κ1) is 13.1. The van der Waals surface area contributed by atoms with Crippen molar-refractivity contribution in [3.05, 3.63) is 35.9 Å². The first-order chi connectivity index (χ1) is 8.71. The Labute approximate surface area is 107 Å². The highest BCUT2D eigenvalue weighted by atomic mass is 16.5. The number of hydrogen-bond donors (Lipinski definition) is 1. The molecule has 98 valence electrons. The van der Waals surface area contributed by atoms with Gasteiger partial charge in [0.25, 0.3) is 0 Å². The van der Waals surface area contributed by atoms with Gasteiger partial charge in [-0.15, -0.1) is 0 Å². The Morgan fingerprint density at radius 3 is 2.44 bits per heavy atom. The molecule has 1 fully saturated rings. The minimum atomic E-state index is -1.05. The quantitative estimate of drug-likeness (QED) is 0.863. The maximum atomic E-state index is 11.9. The highest BCUT2D eigenvalue weighted by Crippen LogP contribution is 2.32. The summed E-state index contributed by atoms with van der Waals surface area (Å²) in [6.07, 6.45) is 2.09. The number of carboxylic acids is 1. The highest BCUT2D eigenvalue weighted by Gasteiger charge is 2.46. The van der Waals surface area contributed by atoms with Crippen molar-refractivity contribution in [3.8, 4) is 0 Å². The smallest absolute Gasteiger partial charge is 0.331 e. The van der Waals surface area contributed by atoms with Gasteiger partial charge in [0.2, 0.25) is 0 Å². The minimum absolute atomic E-state index is 0.173. The fourth-order valence-electron chi connectivity index (χ4n) is 2.70. The fourth-order valence-corrected chi connectivity index (χ4v) is 2.70. The zero-order valence-corrected chi connectivity index (χ0v) is 10.6. The van der Waals surface area contributed by atoms with Gasteiger partial charge < -0.3 is 9.84 Å². The maximum absolute atomic E-state index is 11.9. The van der Waals surface area contributed by atoms with Crippen LogP contribution in [0.25, 0.3) is 0 Å². The normalized spacial score (nSPS) is 19.6. The molecule has 1 saturated heterocycles. The van der Waals surface area contributed by atoms with Gasteiger partial charge >= 0.3 is 5.97 Å². The monoisotopic (exact) mass is 249 g/mol. The van der Waals surface area contributed by atoms with Crippen LogP contribution in [0, 0.1) is 0 Å². The van der Waals surface area contributed by atoms with E-state index in [1.54, 1.807) is 7.11 Å². The first-order valence-corrected chi connectivity index (χ1v) is 6.24. The maximum Gasteiger partial charge on any atom is 0.331 e. The number of methoxy groups -OCH3 is 1. The molecule has 1 heterocycles. The summed E-state index contributed by atoms with van der Waals surface area (Å²) in [6, 6.07) is 9.38. The van der Waals surface area contributed by atoms with Crippen LogP contribution in [0.15, 0.2) is 30.3 Å². The van der Waals surface area contributed by atoms with Crippen molar-refractivity contribution in [2.75, 3.05) is 26.8 Å². The third kappa shape index (κ3) is 2.13. The lowest BCUT2D eigenvalue weighted by Crippen LogP contribution is -2.54. The number of hydrogen-bond acceptors (Lipinski definition) is 3. The number of ether oxygens (including phenoxy) is 1. The third-order valence-electron chi connectivity index (χ3n) is 3.60. The Morgan fingerprint density at radius 2 is 1.94 bits per heavy atom. The van der Waals surface area contributed by atoms with Gasteiger partial charge in [-0.05, 0) is 31.5 Å². The van der Waals surface area contributed by atoms with E-state index < -0.39 is 11.5 Å². The van der Waals surface area contributed by atoms with Gasteiger partial charge in [0.05, 0.1) is 6.61 Å². The molecule has 0 bridgehead atoms. The van der Waals surface area contributed by atoms with E-state index in [1.165, 1.54) is 0 Å². The molecule has 4 heteroatoms. The summed E-state index contributed by atoms with van der Waals surface area (Å²) in [6.45, 7) is 1.79. The number of aliphatic carboxylic acids is 1. The zero-order chi connectivity index (χ0) is 13.0. The molecule has 0 aliphatic carbocycles. The van der Waals surface area contributed by atoms with Gasteiger partial charge in [-0.2, -0.15) is 0 Å². The van der Waals surface area contributed by atoms with Crippen LogP contribution in [0.1, 0.15) is 18.4 Å². The lowest BCUT2D eigenvalue weighted by molar-refractivity contribution is -0.156. The van der Waals surface area contributed by atoms with Crippen molar-refractivity contribution in [3.63, 3.8) is 0 Å². The third-order valence-corrected chi connectivity index (χ3v) is 3.60. The van der Waals surface area contributed by atoms with Gasteiger partial charge in [0, 0.05) is 7.11 Å². The highest BCUT2D eigenvalue weighted by molar-refractivity contribution is 5.81. The standard InChI is InChI=1S/C14H19NO3/c1-18-11-14(13(16)17,15-9-5-6-10-15)12-7-3-2-4-8-12/h2-4,7-8H,5-6,9-11H2,1H3,(H,16,17). The van der Waals surface area contributed by atoms with Crippen molar-refractivity contribution < 1.29 is 14.6 Å². The number of rotatable bonds is 5. The van der Waals surface area contributed by atoms with Crippen LogP contribution in [0.4, 0.5) is 0 Å². The lowest BCUT2D eigenvalue weighted by Gasteiger charge is -2.37. The van der Waals surface area contributed by atoms with Crippen molar-refractivity contribution in [2.45, 2.75) is 18.4 Å². The molecule has 1 aromatic carbocycles. The van der Waals surface area contributed by atoms with Gasteiger partial charge in [-0.1, -0.05) is 30.3 Å². The molecule has 0 radical (unpaired) electrons. The topological polar surface area (TPSA) is 49.8 Å². The predicted octanol–water partition coefficient (Wildman–Crippen LogP) is 1.71. The van der Waals surface area contributed by atoms with E-state index in [9.17, 15) is 9.90 Å². The lowest BCUT2D eigenvalue weighted by atomic mass is 9.89. The van der Waals surface area contributed by atoms with E-state index in [2.05, 4.69) is 0 Å². The largest absolute Gasteiger partial charge is 0.480 e. The molecule has 0 aromatic heterocycles. The van der Waals surface area contributed by atoms with Gasteiger partial charge in [0.1, 0.15) is 0 Å². The summed E-state index contributed by atoms with van der Waals surface area (Å²) in [5.41, 5.74) is -0.256. The molecule has 0 saturated carbocycles. The van der Waals surface area contributed by atoms with Crippen LogP contribution in [0.3, 0.4) is 0 Å². The van der Waals surface area contributed by atoms with E-state index in [-0.39, 0.29) is 6.61 Å². The van der Waals surface area contributed by atoms with Crippen molar-refractivity contribution in [1.29, 1.82) is 0 Å². The second-order valence-corrected chi connectivity index (χ2v) is 4.66. The average molecular weight is 249 g/mol. The Balaban J connectivity index is 2.45. The molecule has 1 aliphatic heterocycles. The first-order valence-electron chi connectivity index (χ1n) is 6.24. The summed E-state index contributed by atoms with van der Waals surface area (Å²) in [5.74, 6) is -0.836. The number of benzene rings is 1. The van der Waals surface area contributed by atoms with Crippen LogP contribution in [0.5, 0.6) is 0 Å². The Bertz CT molecular complexity index is 401. The van der Waals surface area contributed by atoms with Crippen LogP contribution in [0.2, 0.25) is 0 Å². The molecule has 0 spiro atoms. The van der Waals surface area contributed by atoms with Gasteiger partial charge in [-0.25, -0.2) is 4.79 Å². The molecular weight excluding hydrogens is 230 g/mol. The fraction of sp³-hybridized carbons (Fsp3) is 0.500. The summed E-state index contributed by atoms with van der Waals surface area (Å²) in [5, 5.41) is 9.75. The van der Waals surface area contributed by atoms with E-state index in [0.29, 0.717) is 0 Å². The Morgan fingerprint density at radius 1 is 1.33 bits per heavy atom. The molecule has 4 nitrogen and oxygen atoms in total. The number of likely N-dealkylation sites (tertiary alicyclic amines) is 1. The average Bonchev–Trinajstić information content (AvgIpc) is 2.90. The molecule has 1 aliphatic rings. The molecular formula is C14H19NO3. The second-order valence-electron chi connectivity index (χ2n) is 4.66. The number of carboxylic acid groups (broad SMARTS) is 1. The molecule has 18 heavy (non-hydrogen) atoms. The molecule has 1 aromatic rings. The summed E-state index contributed by atoms with van der Waals surface area (Å²) < 4.78 is 5.21. The molecule has 1 unspecified atom stereocenters. The van der Waals surface area contributed by atoms with Crippen molar-refractivity contribution in [2.24, 2.45) is 0 Å². The van der Waals surface area contributed by atoms with Crippen molar-refractivity contribution in [1.82, 2.24) is 4.90 Å². The van der Waals surface area contributed by atoms with Crippen LogP contribution >= 0.6 is 0 Å². The predicted molar refractivity (Wildman–Crippen MR) is 68.4 cm³/mol. The SMILES string of the molecule is COCC(C(=O)O)(c1ccccc1)N1CCCC1. The molecule has 0 amide bonds. The van der Waals surface area contributed by atoms with Crippen LogP contribution in [-0.4, -0.2) is 42.8 Å². The van der Waals surface area contributed by atoms with E-state index in [1.807, 2.05) is 35.2 Å². The van der Waals surface area contributed by atoms with Crippen LogP contribution in [-0.2, 0) is 15.1 Å². The van der Waals surface area contributed by atoms with Gasteiger partial charge in [0.15, 0.2) is 5.54 Å². The van der Waals surface area contributed by atoms with E-state index in [4.69, 9.17) is 4.74 Å². The zero-order valence-electron chi connectivity index (χ0n) is 10.6. The molecule has 1 atom stereocenters. The molecule has 2 rings (SSSR count). The number of nitrogens with zero attached hydrogens (tertiary/aromatic N) is 1. The summed E-state index contributed by atoms with van der Waals surface area (Å²) in [7, 11) is 1.55. The van der Waals surface area contributed by atoms with Gasteiger partial charge in [-0.3, -0.25) is 4.90 Å². The Kier molecular flexibility index (Phi) is 3.99. The summed E-state index contributed by atoms with van der Waals surface area (Å²) in [4.78, 5) is 13.9. The molecule has 1 N–H and O–H groups in total. The van der Waals surface area contributed by atoms with E-state index >= 15 is 0 Å². The van der Waals surface area contributed by atoms with E-state index in [0.717, 1.165) is 31.5 Å². The van der Waals surface area contributed by atoms with Crippen LogP contribution < -0.4 is 0 Å². The summed E-state index contributed by atoms with van der Waals surface area (Å²) >= 11 is 0. The van der Waals surface area contributed by atoms with Crippen molar-refractivity contribution >= 4 is 5.97 Å². The Hall–Kier alpha value is -1.39. The second kappa shape index (κ2) is 5.50.